The number of ether oxygens (including phenoxy) is 2. The zero-order chi connectivity index (χ0) is 15.5. The summed E-state index contributed by atoms with van der Waals surface area (Å²) in [5.74, 6) is -0.627. The second-order valence-electron chi connectivity index (χ2n) is 4.97. The molecule has 1 aromatic carbocycles. The molecule has 1 unspecified atom stereocenters. The number of halogens is 1. The van der Waals surface area contributed by atoms with Crippen LogP contribution < -0.4 is 10.5 Å². The van der Waals surface area contributed by atoms with E-state index in [0.29, 0.717) is 25.2 Å². The fourth-order valence-electron chi connectivity index (χ4n) is 2.21. The Labute approximate surface area is 123 Å². The Kier molecular flexibility index (Phi) is 4.95. The number of nitrogens with two attached hydrogens (primary N) is 1. The van der Waals surface area contributed by atoms with Crippen molar-refractivity contribution in [2.75, 3.05) is 26.9 Å². The standard InChI is InChI=1S/C13H19FN2O4S/c1-19-13(4-5-20-9-13)8-16-21(17,18)12-6-11(14)3-2-10(12)7-15/h2-3,6,16H,4-5,7-9,15H2,1H3. The number of nitrogens with one attached hydrogen (secondary N) is 1. The van der Waals surface area contributed by atoms with Crippen LogP contribution in [0.15, 0.2) is 23.1 Å². The minimum absolute atomic E-state index is 0.00898. The lowest BCUT2D eigenvalue weighted by Gasteiger charge is -2.26. The molecule has 0 saturated carbocycles. The van der Waals surface area contributed by atoms with E-state index in [-0.39, 0.29) is 18.0 Å². The Morgan fingerprint density at radius 2 is 2.29 bits per heavy atom. The third-order valence-electron chi connectivity index (χ3n) is 3.62. The summed E-state index contributed by atoms with van der Waals surface area (Å²) in [5.41, 5.74) is 5.19. The Bertz CT molecular complexity index is 600. The van der Waals surface area contributed by atoms with Gasteiger partial charge < -0.3 is 15.2 Å². The maximum absolute atomic E-state index is 13.3. The van der Waals surface area contributed by atoms with Crippen molar-refractivity contribution < 1.29 is 22.3 Å². The fourth-order valence-corrected chi connectivity index (χ4v) is 3.59. The monoisotopic (exact) mass is 318 g/mol. The third-order valence-corrected chi connectivity index (χ3v) is 5.11. The Balaban J connectivity index is 2.20. The first-order chi connectivity index (χ1) is 9.92. The number of rotatable bonds is 6. The van der Waals surface area contributed by atoms with Gasteiger partial charge in [-0.05, 0) is 17.7 Å². The molecule has 2 rings (SSSR count). The van der Waals surface area contributed by atoms with E-state index in [1.54, 1.807) is 0 Å². The Morgan fingerprint density at radius 3 is 2.86 bits per heavy atom. The third kappa shape index (κ3) is 3.58. The molecule has 3 N–H and O–H groups in total. The molecule has 1 aliphatic rings. The normalized spacial score (nSPS) is 22.6. The average Bonchev–Trinajstić information content (AvgIpc) is 2.95. The molecule has 0 radical (unpaired) electrons. The second kappa shape index (κ2) is 6.37. The highest BCUT2D eigenvalue weighted by Gasteiger charge is 2.36. The molecular formula is C13H19FN2O4S. The van der Waals surface area contributed by atoms with E-state index >= 15 is 0 Å². The maximum Gasteiger partial charge on any atom is 0.241 e. The molecule has 0 aromatic heterocycles. The highest BCUT2D eigenvalue weighted by atomic mass is 32.2. The van der Waals surface area contributed by atoms with Crippen molar-refractivity contribution in [1.29, 1.82) is 0 Å². The predicted octanol–water partition coefficient (Wildman–Crippen LogP) is 0.368. The maximum atomic E-state index is 13.3. The molecule has 0 amide bonds. The van der Waals surface area contributed by atoms with Crippen LogP contribution in [0.5, 0.6) is 0 Å². The molecule has 1 fully saturated rings. The summed E-state index contributed by atoms with van der Waals surface area (Å²) in [5, 5.41) is 0. The summed E-state index contributed by atoms with van der Waals surface area (Å²) < 4.78 is 51.1. The van der Waals surface area contributed by atoms with E-state index in [1.807, 2.05) is 0 Å². The number of benzene rings is 1. The van der Waals surface area contributed by atoms with Crippen LogP contribution in [-0.4, -0.2) is 40.9 Å². The fraction of sp³-hybridized carbons (Fsp3) is 0.538. The smallest absolute Gasteiger partial charge is 0.241 e. The van der Waals surface area contributed by atoms with Crippen molar-refractivity contribution in [3.8, 4) is 0 Å². The lowest BCUT2D eigenvalue weighted by molar-refractivity contribution is -0.0120. The highest BCUT2D eigenvalue weighted by Crippen LogP contribution is 2.23. The second-order valence-corrected chi connectivity index (χ2v) is 6.71. The molecular weight excluding hydrogens is 299 g/mol. The first-order valence-electron chi connectivity index (χ1n) is 6.53. The van der Waals surface area contributed by atoms with Gasteiger partial charge in [0, 0.05) is 33.2 Å². The molecule has 1 heterocycles. The molecule has 21 heavy (non-hydrogen) atoms. The van der Waals surface area contributed by atoms with Gasteiger partial charge in [0.05, 0.1) is 11.5 Å². The zero-order valence-electron chi connectivity index (χ0n) is 11.8. The molecule has 118 valence electrons. The molecule has 1 aliphatic heterocycles. The minimum Gasteiger partial charge on any atom is -0.378 e. The van der Waals surface area contributed by atoms with Crippen LogP contribution >= 0.6 is 0 Å². The van der Waals surface area contributed by atoms with Gasteiger partial charge in [-0.2, -0.15) is 0 Å². The van der Waals surface area contributed by atoms with E-state index < -0.39 is 21.4 Å². The number of hydrogen-bond donors (Lipinski definition) is 2. The molecule has 0 bridgehead atoms. The van der Waals surface area contributed by atoms with Crippen molar-refractivity contribution in [3.05, 3.63) is 29.6 Å². The van der Waals surface area contributed by atoms with Crippen molar-refractivity contribution >= 4 is 10.0 Å². The van der Waals surface area contributed by atoms with Crippen LogP contribution in [-0.2, 0) is 26.0 Å². The molecule has 0 spiro atoms. The highest BCUT2D eigenvalue weighted by molar-refractivity contribution is 7.89. The van der Waals surface area contributed by atoms with Crippen LogP contribution in [0.25, 0.3) is 0 Å². The quantitative estimate of drug-likeness (QED) is 0.791. The number of methoxy groups -OCH3 is 1. The van der Waals surface area contributed by atoms with Crippen molar-refractivity contribution in [2.45, 2.75) is 23.5 Å². The van der Waals surface area contributed by atoms with E-state index in [4.69, 9.17) is 15.2 Å². The zero-order valence-corrected chi connectivity index (χ0v) is 12.6. The number of sulfonamides is 1. The van der Waals surface area contributed by atoms with Crippen molar-refractivity contribution in [3.63, 3.8) is 0 Å². The lowest BCUT2D eigenvalue weighted by Crippen LogP contribution is -2.45. The topological polar surface area (TPSA) is 90.7 Å². The first-order valence-corrected chi connectivity index (χ1v) is 8.02. The van der Waals surface area contributed by atoms with Gasteiger partial charge in [-0.15, -0.1) is 0 Å². The minimum atomic E-state index is -3.87. The van der Waals surface area contributed by atoms with Gasteiger partial charge in [-0.1, -0.05) is 6.07 Å². The summed E-state index contributed by atoms with van der Waals surface area (Å²) in [6.45, 7) is 0.907. The van der Waals surface area contributed by atoms with Crippen molar-refractivity contribution in [1.82, 2.24) is 4.72 Å². The number of hydrogen-bond acceptors (Lipinski definition) is 5. The first kappa shape index (κ1) is 16.3. The van der Waals surface area contributed by atoms with Crippen LogP contribution in [0, 0.1) is 5.82 Å². The molecule has 6 nitrogen and oxygen atoms in total. The van der Waals surface area contributed by atoms with Gasteiger partial charge in [0.1, 0.15) is 11.4 Å². The van der Waals surface area contributed by atoms with Gasteiger partial charge in [0.2, 0.25) is 10.0 Å². The molecule has 8 heteroatoms. The summed E-state index contributed by atoms with van der Waals surface area (Å²) >= 11 is 0. The van der Waals surface area contributed by atoms with Gasteiger partial charge in [-0.25, -0.2) is 17.5 Å². The SMILES string of the molecule is COC1(CNS(=O)(=O)c2cc(F)ccc2CN)CCOC1. The van der Waals surface area contributed by atoms with E-state index in [2.05, 4.69) is 4.72 Å². The lowest BCUT2D eigenvalue weighted by atomic mass is 10.0. The van der Waals surface area contributed by atoms with Crippen LogP contribution in [0.1, 0.15) is 12.0 Å². The summed E-state index contributed by atoms with van der Waals surface area (Å²) in [6.07, 6.45) is 0.596. The van der Waals surface area contributed by atoms with Gasteiger partial charge >= 0.3 is 0 Å². The summed E-state index contributed by atoms with van der Waals surface area (Å²) in [4.78, 5) is -0.143. The average molecular weight is 318 g/mol. The van der Waals surface area contributed by atoms with Crippen molar-refractivity contribution in [2.24, 2.45) is 5.73 Å². The van der Waals surface area contributed by atoms with Gasteiger partial charge in [0.25, 0.3) is 0 Å². The largest absolute Gasteiger partial charge is 0.378 e. The summed E-state index contributed by atoms with van der Waals surface area (Å²) in [6, 6.07) is 3.52. The van der Waals surface area contributed by atoms with Crippen LogP contribution in [0.4, 0.5) is 4.39 Å². The van der Waals surface area contributed by atoms with Gasteiger partial charge in [0.15, 0.2) is 0 Å². The molecule has 1 atom stereocenters. The van der Waals surface area contributed by atoms with Crippen LogP contribution in [0.2, 0.25) is 0 Å². The van der Waals surface area contributed by atoms with E-state index in [9.17, 15) is 12.8 Å². The summed E-state index contributed by atoms with van der Waals surface area (Å²) in [7, 11) is -2.36. The molecule has 1 saturated heterocycles. The molecule has 1 aromatic rings. The Hall–Kier alpha value is -1.06. The Morgan fingerprint density at radius 1 is 1.52 bits per heavy atom. The van der Waals surface area contributed by atoms with Gasteiger partial charge in [-0.3, -0.25) is 0 Å². The molecule has 0 aliphatic carbocycles. The van der Waals surface area contributed by atoms with E-state index in [1.165, 1.54) is 19.2 Å². The predicted molar refractivity (Wildman–Crippen MR) is 74.7 cm³/mol. The van der Waals surface area contributed by atoms with E-state index in [0.717, 1.165) is 6.07 Å². The van der Waals surface area contributed by atoms with Crippen LogP contribution in [0.3, 0.4) is 0 Å².